The summed E-state index contributed by atoms with van der Waals surface area (Å²) in [5, 5.41) is 2.96. The number of esters is 1. The van der Waals surface area contributed by atoms with Crippen molar-refractivity contribution in [3.63, 3.8) is 0 Å². The number of urea groups is 1. The van der Waals surface area contributed by atoms with Gasteiger partial charge in [-0.05, 0) is 37.3 Å². The summed E-state index contributed by atoms with van der Waals surface area (Å²) in [5.74, 6) is 1.30. The average Bonchev–Trinajstić information content (AvgIpc) is 3.18. The van der Waals surface area contributed by atoms with Crippen molar-refractivity contribution in [1.29, 1.82) is 0 Å². The number of hydrogen-bond donors (Lipinski definition) is 1. The molecule has 2 atom stereocenters. The van der Waals surface area contributed by atoms with Crippen LogP contribution in [0.1, 0.15) is 45.4 Å². The number of amides is 2. The van der Waals surface area contributed by atoms with Gasteiger partial charge in [-0.3, -0.25) is 4.90 Å². The second kappa shape index (κ2) is 10.0. The number of hydrogen-bond acceptors (Lipinski definition) is 5. The maximum absolute atomic E-state index is 13.3. The Morgan fingerprint density at radius 3 is 2.68 bits per heavy atom. The molecule has 1 aliphatic carbocycles. The van der Waals surface area contributed by atoms with Gasteiger partial charge in [-0.15, -0.1) is 11.8 Å². The Morgan fingerprint density at radius 1 is 1.21 bits per heavy atom. The molecule has 0 unspecified atom stereocenters. The van der Waals surface area contributed by atoms with Crippen molar-refractivity contribution < 1.29 is 19.1 Å². The number of anilines is 1. The van der Waals surface area contributed by atoms with Gasteiger partial charge in [0.1, 0.15) is 11.8 Å². The first-order chi connectivity index (χ1) is 13.7. The lowest BCUT2D eigenvalue weighted by Gasteiger charge is -2.35. The largest absolute Gasteiger partial charge is 0.495 e. The summed E-state index contributed by atoms with van der Waals surface area (Å²) in [6, 6.07) is 6.51. The van der Waals surface area contributed by atoms with Crippen molar-refractivity contribution >= 4 is 29.4 Å². The fourth-order valence-electron chi connectivity index (χ4n) is 3.98. The van der Waals surface area contributed by atoms with E-state index in [4.69, 9.17) is 9.47 Å². The Bertz CT molecular complexity index is 678. The summed E-state index contributed by atoms with van der Waals surface area (Å²) in [5.41, 5.74) is 0.606. The highest BCUT2D eigenvalue weighted by atomic mass is 32.2. The Kier molecular flexibility index (Phi) is 7.48. The molecule has 6 nitrogen and oxygen atoms in total. The van der Waals surface area contributed by atoms with E-state index in [1.807, 2.05) is 19.1 Å². The molecule has 1 aromatic rings. The first-order valence-corrected chi connectivity index (χ1v) is 11.2. The number of nitrogens with zero attached hydrogens (tertiary/aromatic N) is 1. The van der Waals surface area contributed by atoms with E-state index < -0.39 is 6.04 Å². The fourth-order valence-corrected chi connectivity index (χ4v) is 5.60. The first kappa shape index (κ1) is 20.8. The maximum atomic E-state index is 13.3. The van der Waals surface area contributed by atoms with Crippen LogP contribution < -0.4 is 10.1 Å². The molecular formula is C21H30N2O4S. The molecule has 0 spiro atoms. The summed E-state index contributed by atoms with van der Waals surface area (Å²) >= 11 is 1.71. The molecule has 1 aliphatic heterocycles. The van der Waals surface area contributed by atoms with Crippen molar-refractivity contribution in [2.45, 2.75) is 56.9 Å². The Hall–Kier alpha value is -1.89. The van der Waals surface area contributed by atoms with Gasteiger partial charge in [0, 0.05) is 5.75 Å². The number of carbonyl (C=O) groups excluding carboxylic acids is 2. The molecule has 2 fully saturated rings. The van der Waals surface area contributed by atoms with Crippen LogP contribution in [0.25, 0.3) is 0 Å². The number of para-hydroxylation sites is 2. The van der Waals surface area contributed by atoms with Crippen molar-refractivity contribution in [1.82, 2.24) is 4.90 Å². The summed E-state index contributed by atoms with van der Waals surface area (Å²) in [6.07, 6.45) is 6.61. The summed E-state index contributed by atoms with van der Waals surface area (Å²) in [6.45, 7) is 2.35. The number of benzene rings is 1. The average molecular weight is 407 g/mol. The zero-order valence-electron chi connectivity index (χ0n) is 16.7. The van der Waals surface area contributed by atoms with Gasteiger partial charge in [0.25, 0.3) is 0 Å². The van der Waals surface area contributed by atoms with Crippen molar-refractivity contribution in [3.05, 3.63) is 24.3 Å². The second-order valence-corrected chi connectivity index (χ2v) is 8.49. The molecular weight excluding hydrogens is 376 g/mol. The lowest BCUT2D eigenvalue weighted by molar-refractivity contribution is -0.148. The molecule has 2 amide bonds. The van der Waals surface area contributed by atoms with Crippen LogP contribution in [0.4, 0.5) is 10.5 Å². The fraction of sp³-hybridized carbons (Fsp3) is 0.619. The summed E-state index contributed by atoms with van der Waals surface area (Å²) < 4.78 is 10.7. The second-order valence-electron chi connectivity index (χ2n) is 7.34. The monoisotopic (exact) mass is 406 g/mol. The lowest BCUT2D eigenvalue weighted by atomic mass is 9.88. The maximum Gasteiger partial charge on any atom is 0.329 e. The van der Waals surface area contributed by atoms with E-state index in [1.165, 1.54) is 19.3 Å². The number of carbonyl (C=O) groups is 2. The van der Waals surface area contributed by atoms with Crippen LogP contribution in [0, 0.1) is 5.92 Å². The third-order valence-electron chi connectivity index (χ3n) is 5.39. The number of rotatable bonds is 6. The molecule has 7 heteroatoms. The predicted molar refractivity (Wildman–Crippen MR) is 112 cm³/mol. The van der Waals surface area contributed by atoms with Crippen LogP contribution in [0.3, 0.4) is 0 Å². The van der Waals surface area contributed by atoms with Crippen molar-refractivity contribution in [2.75, 3.05) is 24.8 Å². The highest BCUT2D eigenvalue weighted by molar-refractivity contribution is 8.00. The molecule has 1 heterocycles. The number of ether oxygens (including phenoxy) is 2. The molecule has 1 N–H and O–H groups in total. The third kappa shape index (κ3) is 4.74. The summed E-state index contributed by atoms with van der Waals surface area (Å²) in [4.78, 5) is 27.6. The van der Waals surface area contributed by atoms with Gasteiger partial charge in [-0.2, -0.15) is 0 Å². The van der Waals surface area contributed by atoms with E-state index in [0.717, 1.165) is 19.3 Å². The van der Waals surface area contributed by atoms with Crippen LogP contribution in [-0.4, -0.2) is 47.8 Å². The van der Waals surface area contributed by atoms with Gasteiger partial charge in [-0.25, -0.2) is 9.59 Å². The molecule has 2 aliphatic rings. The van der Waals surface area contributed by atoms with E-state index in [0.29, 0.717) is 29.7 Å². The minimum absolute atomic E-state index is 0.00850. The van der Waals surface area contributed by atoms with Crippen LogP contribution in [-0.2, 0) is 9.53 Å². The zero-order chi connectivity index (χ0) is 19.9. The van der Waals surface area contributed by atoms with Crippen molar-refractivity contribution in [3.8, 4) is 5.75 Å². The van der Waals surface area contributed by atoms with Crippen LogP contribution in [0.5, 0.6) is 5.75 Å². The van der Waals surface area contributed by atoms with Gasteiger partial charge in [0.05, 0.1) is 24.8 Å². The minimum Gasteiger partial charge on any atom is -0.495 e. The Labute approximate surface area is 171 Å². The third-order valence-corrected chi connectivity index (χ3v) is 6.85. The van der Waals surface area contributed by atoms with Gasteiger partial charge in [-0.1, -0.05) is 38.3 Å². The standard InChI is InChI=1S/C21H30N2O4S/c1-3-13-27-20(24)17-14-28-19(15-9-5-4-6-10-15)23(17)21(25)22-16-11-7-8-12-18(16)26-2/h7-8,11-12,15,17,19H,3-6,9-10,13-14H2,1-2H3,(H,22,25)/t17-,19+/m0/s1. The van der Waals surface area contributed by atoms with E-state index >= 15 is 0 Å². The molecule has 28 heavy (non-hydrogen) atoms. The van der Waals surface area contributed by atoms with E-state index in [1.54, 1.807) is 35.9 Å². The number of thioether (sulfide) groups is 1. The zero-order valence-corrected chi connectivity index (χ0v) is 17.5. The molecule has 1 aromatic carbocycles. The highest BCUT2D eigenvalue weighted by Gasteiger charge is 2.45. The lowest BCUT2D eigenvalue weighted by Crippen LogP contribution is -2.50. The molecule has 0 aromatic heterocycles. The quantitative estimate of drug-likeness (QED) is 0.704. The molecule has 3 rings (SSSR count). The van der Waals surface area contributed by atoms with Crippen molar-refractivity contribution in [2.24, 2.45) is 5.92 Å². The molecule has 0 radical (unpaired) electrons. The van der Waals surface area contributed by atoms with E-state index in [-0.39, 0.29) is 17.4 Å². The van der Waals surface area contributed by atoms with Gasteiger partial charge in [0.15, 0.2) is 0 Å². The normalized spacial score (nSPS) is 22.7. The van der Waals surface area contributed by atoms with Crippen LogP contribution in [0.15, 0.2) is 24.3 Å². The first-order valence-electron chi connectivity index (χ1n) is 10.2. The molecule has 154 valence electrons. The van der Waals surface area contributed by atoms with Gasteiger partial charge >= 0.3 is 12.0 Å². The van der Waals surface area contributed by atoms with Crippen LogP contribution >= 0.6 is 11.8 Å². The Balaban J connectivity index is 1.80. The topological polar surface area (TPSA) is 67.9 Å². The van der Waals surface area contributed by atoms with Crippen LogP contribution in [0.2, 0.25) is 0 Å². The number of methoxy groups -OCH3 is 1. The van der Waals surface area contributed by atoms with E-state index in [9.17, 15) is 9.59 Å². The SMILES string of the molecule is CCCOC(=O)[C@@H]1CS[C@H](C2CCCCC2)N1C(=O)Nc1ccccc1OC. The minimum atomic E-state index is -0.543. The smallest absolute Gasteiger partial charge is 0.329 e. The molecule has 0 bridgehead atoms. The highest BCUT2D eigenvalue weighted by Crippen LogP contribution is 2.41. The molecule has 1 saturated heterocycles. The van der Waals surface area contributed by atoms with E-state index in [2.05, 4.69) is 5.32 Å². The molecule has 1 saturated carbocycles. The number of nitrogens with one attached hydrogen (secondary N) is 1. The predicted octanol–water partition coefficient (Wildman–Crippen LogP) is 4.50. The summed E-state index contributed by atoms with van der Waals surface area (Å²) in [7, 11) is 1.58. The van der Waals surface area contributed by atoms with Gasteiger partial charge in [0.2, 0.25) is 0 Å². The Morgan fingerprint density at radius 2 is 1.96 bits per heavy atom. The van der Waals surface area contributed by atoms with Gasteiger partial charge < -0.3 is 14.8 Å².